The van der Waals surface area contributed by atoms with Crippen molar-refractivity contribution in [3.8, 4) is 0 Å². The van der Waals surface area contributed by atoms with Crippen LogP contribution in [-0.2, 0) is 0 Å². The molecule has 0 N–H and O–H groups in total. The van der Waals surface area contributed by atoms with E-state index >= 15 is 0 Å². The van der Waals surface area contributed by atoms with Gasteiger partial charge in [0.25, 0.3) is 11.1 Å². The normalized spacial score (nSPS) is 19.2. The Labute approximate surface area is 135 Å². The average Bonchev–Trinajstić information content (AvgIpc) is 2.60. The SMILES string of the molecule is CC1C(N=[N+]=[N-])C=Cn2c(=O)c3cc4ccccc4cc3c(=O)n21. The monoisotopic (exact) mass is 319 g/mol. The third kappa shape index (κ3) is 1.89. The highest BCUT2D eigenvalue weighted by molar-refractivity contribution is 5.97. The molecule has 118 valence electrons. The maximum absolute atomic E-state index is 13.0. The smallest absolute Gasteiger partial charge is 0.267 e. The standard InChI is InChI=1S/C17H13N5O2/c1-10-15(19-20-18)6-7-21-16(23)13-8-11-4-2-3-5-12(11)9-14(13)17(24)22(10)21/h2-10,15H,1H3. The number of fused-ring (bicyclic) bond motifs is 3. The number of aromatic nitrogens is 2. The zero-order valence-corrected chi connectivity index (χ0v) is 12.8. The molecule has 2 aromatic carbocycles. The molecule has 1 aromatic heterocycles. The van der Waals surface area contributed by atoms with Gasteiger partial charge in [0.15, 0.2) is 0 Å². The van der Waals surface area contributed by atoms with E-state index in [4.69, 9.17) is 5.53 Å². The van der Waals surface area contributed by atoms with Crippen molar-refractivity contribution < 1.29 is 0 Å². The van der Waals surface area contributed by atoms with Crippen LogP contribution in [-0.4, -0.2) is 15.4 Å². The third-order valence-electron chi connectivity index (χ3n) is 4.48. The van der Waals surface area contributed by atoms with Crippen LogP contribution in [0, 0.1) is 0 Å². The lowest BCUT2D eigenvalue weighted by Crippen LogP contribution is -2.43. The number of hydrogen-bond donors (Lipinski definition) is 0. The van der Waals surface area contributed by atoms with Gasteiger partial charge in [-0.15, -0.1) is 0 Å². The first-order valence-electron chi connectivity index (χ1n) is 7.54. The molecule has 1 aliphatic heterocycles. The van der Waals surface area contributed by atoms with Crippen molar-refractivity contribution in [2.45, 2.75) is 19.0 Å². The summed E-state index contributed by atoms with van der Waals surface area (Å²) in [4.78, 5) is 28.6. The first kappa shape index (κ1) is 14.3. The van der Waals surface area contributed by atoms with Crippen molar-refractivity contribution in [3.63, 3.8) is 0 Å². The van der Waals surface area contributed by atoms with E-state index in [1.165, 1.54) is 15.6 Å². The van der Waals surface area contributed by atoms with E-state index in [1.54, 1.807) is 25.1 Å². The zero-order chi connectivity index (χ0) is 16.8. The highest BCUT2D eigenvalue weighted by Gasteiger charge is 2.25. The Balaban J connectivity index is 2.14. The second-order valence-electron chi connectivity index (χ2n) is 5.82. The highest BCUT2D eigenvalue weighted by atomic mass is 16.2. The molecule has 1 aliphatic rings. The van der Waals surface area contributed by atoms with E-state index in [1.807, 2.05) is 24.3 Å². The van der Waals surface area contributed by atoms with E-state index in [2.05, 4.69) is 10.0 Å². The van der Waals surface area contributed by atoms with Crippen LogP contribution in [0.25, 0.3) is 38.2 Å². The molecule has 0 radical (unpaired) electrons. The zero-order valence-electron chi connectivity index (χ0n) is 12.8. The van der Waals surface area contributed by atoms with Crippen molar-refractivity contribution in [2.24, 2.45) is 5.11 Å². The molecule has 0 aliphatic carbocycles. The quantitative estimate of drug-likeness (QED) is 0.298. The molecule has 4 rings (SSSR count). The Bertz CT molecular complexity index is 1180. The lowest BCUT2D eigenvalue weighted by molar-refractivity contribution is 0.386. The fraction of sp³-hybridized carbons (Fsp3) is 0.176. The van der Waals surface area contributed by atoms with Gasteiger partial charge in [0.2, 0.25) is 0 Å². The highest BCUT2D eigenvalue weighted by Crippen LogP contribution is 2.22. The second-order valence-corrected chi connectivity index (χ2v) is 5.82. The predicted molar refractivity (Wildman–Crippen MR) is 92.9 cm³/mol. The Hall–Kier alpha value is -3.31. The maximum atomic E-state index is 13.0. The van der Waals surface area contributed by atoms with Crippen molar-refractivity contribution >= 4 is 27.7 Å². The molecule has 0 spiro atoms. The molecule has 3 aromatic rings. The summed E-state index contributed by atoms with van der Waals surface area (Å²) in [5.74, 6) is 0. The third-order valence-corrected chi connectivity index (χ3v) is 4.48. The number of nitrogens with zero attached hydrogens (tertiary/aromatic N) is 5. The van der Waals surface area contributed by atoms with Crippen molar-refractivity contribution in [1.82, 2.24) is 9.36 Å². The maximum Gasteiger partial charge on any atom is 0.277 e. The molecule has 0 fully saturated rings. The summed E-state index contributed by atoms with van der Waals surface area (Å²) >= 11 is 0. The van der Waals surface area contributed by atoms with E-state index in [9.17, 15) is 9.59 Å². The first-order chi connectivity index (χ1) is 11.6. The van der Waals surface area contributed by atoms with Crippen LogP contribution in [0.1, 0.15) is 13.0 Å². The number of rotatable bonds is 1. The molecule has 0 amide bonds. The summed E-state index contributed by atoms with van der Waals surface area (Å²) in [6, 6.07) is 10.1. The molecule has 7 heteroatoms. The fourth-order valence-electron chi connectivity index (χ4n) is 3.23. The molecule has 2 heterocycles. The van der Waals surface area contributed by atoms with Crippen LogP contribution >= 0.6 is 0 Å². The largest absolute Gasteiger partial charge is 0.277 e. The van der Waals surface area contributed by atoms with E-state index in [0.29, 0.717) is 10.8 Å². The van der Waals surface area contributed by atoms with Crippen LogP contribution < -0.4 is 11.1 Å². The molecule has 2 unspecified atom stereocenters. The average molecular weight is 319 g/mol. The number of azide groups is 1. The van der Waals surface area contributed by atoms with Gasteiger partial charge in [0, 0.05) is 11.1 Å². The summed E-state index contributed by atoms with van der Waals surface area (Å²) in [6.45, 7) is 1.76. The summed E-state index contributed by atoms with van der Waals surface area (Å²) < 4.78 is 2.66. The van der Waals surface area contributed by atoms with E-state index in [0.717, 1.165) is 10.8 Å². The summed E-state index contributed by atoms with van der Waals surface area (Å²) in [6.07, 6.45) is 3.13. The predicted octanol–water partition coefficient (Wildman–Crippen LogP) is 3.04. The minimum absolute atomic E-state index is 0.266. The van der Waals surface area contributed by atoms with Crippen LogP contribution in [0.5, 0.6) is 0 Å². The number of hydrogen-bond acceptors (Lipinski definition) is 3. The molecular weight excluding hydrogens is 306 g/mol. The van der Waals surface area contributed by atoms with Crippen molar-refractivity contribution in [3.05, 3.63) is 73.6 Å². The Morgan fingerprint density at radius 1 is 1.08 bits per heavy atom. The molecule has 2 atom stereocenters. The van der Waals surface area contributed by atoms with Crippen LogP contribution in [0.3, 0.4) is 0 Å². The van der Waals surface area contributed by atoms with Gasteiger partial charge in [-0.05, 0) is 35.4 Å². The van der Waals surface area contributed by atoms with Gasteiger partial charge in [-0.25, -0.2) is 9.36 Å². The van der Waals surface area contributed by atoms with E-state index in [-0.39, 0.29) is 11.1 Å². The van der Waals surface area contributed by atoms with Gasteiger partial charge in [0.05, 0.1) is 22.9 Å². The Morgan fingerprint density at radius 2 is 1.71 bits per heavy atom. The van der Waals surface area contributed by atoms with Crippen molar-refractivity contribution in [1.29, 1.82) is 0 Å². The first-order valence-corrected chi connectivity index (χ1v) is 7.54. The molecular formula is C17H13N5O2. The van der Waals surface area contributed by atoms with Crippen LogP contribution in [0.4, 0.5) is 0 Å². The molecule has 24 heavy (non-hydrogen) atoms. The summed E-state index contributed by atoms with van der Waals surface area (Å²) in [7, 11) is 0. The minimum Gasteiger partial charge on any atom is -0.267 e. The Morgan fingerprint density at radius 3 is 2.33 bits per heavy atom. The second kappa shape index (κ2) is 5.11. The van der Waals surface area contributed by atoms with Crippen molar-refractivity contribution in [2.75, 3.05) is 0 Å². The lowest BCUT2D eigenvalue weighted by atomic mass is 10.0. The van der Waals surface area contributed by atoms with Crippen LogP contribution in [0.2, 0.25) is 0 Å². The number of benzene rings is 2. The Kier molecular flexibility index (Phi) is 3.04. The van der Waals surface area contributed by atoms with Gasteiger partial charge in [-0.2, -0.15) is 0 Å². The van der Waals surface area contributed by atoms with Gasteiger partial charge in [-0.1, -0.05) is 35.5 Å². The minimum atomic E-state index is -0.509. The molecule has 0 bridgehead atoms. The molecule has 0 saturated heterocycles. The molecule has 0 saturated carbocycles. The van der Waals surface area contributed by atoms with Gasteiger partial charge >= 0.3 is 0 Å². The fourth-order valence-corrected chi connectivity index (χ4v) is 3.23. The summed E-state index contributed by atoms with van der Waals surface area (Å²) in [5.41, 5.74) is 8.13. The molecule has 7 nitrogen and oxygen atoms in total. The van der Waals surface area contributed by atoms with Gasteiger partial charge < -0.3 is 0 Å². The summed E-state index contributed by atoms with van der Waals surface area (Å²) in [5, 5.41) is 6.25. The topological polar surface area (TPSA) is 92.8 Å². The van der Waals surface area contributed by atoms with E-state index < -0.39 is 12.1 Å². The van der Waals surface area contributed by atoms with Gasteiger partial charge in [0.1, 0.15) is 0 Å². The van der Waals surface area contributed by atoms with Gasteiger partial charge in [-0.3, -0.25) is 9.59 Å². The van der Waals surface area contributed by atoms with Crippen LogP contribution in [0.15, 0.2) is 57.2 Å². The lowest BCUT2D eigenvalue weighted by Gasteiger charge is -2.27.